The van der Waals surface area contributed by atoms with E-state index in [4.69, 9.17) is 11.6 Å². The van der Waals surface area contributed by atoms with E-state index >= 15 is 0 Å². The lowest BCUT2D eigenvalue weighted by Gasteiger charge is -2.17. The summed E-state index contributed by atoms with van der Waals surface area (Å²) in [4.78, 5) is 16.4. The predicted octanol–water partition coefficient (Wildman–Crippen LogP) is 4.46. The third kappa shape index (κ3) is 3.51. The highest BCUT2D eigenvalue weighted by molar-refractivity contribution is 6.31. The summed E-state index contributed by atoms with van der Waals surface area (Å²) in [7, 11) is 0. The van der Waals surface area contributed by atoms with E-state index in [9.17, 15) is 9.18 Å². The molecule has 6 heteroatoms. The molecule has 0 saturated heterocycles. The number of rotatable bonds is 5. The molecule has 1 unspecified atom stereocenters. The maximum Gasteiger partial charge on any atom is 0.220 e. The molecule has 0 saturated carbocycles. The third-order valence-electron chi connectivity index (χ3n) is 4.15. The molecule has 0 aliphatic rings. The molecular formula is C19H19ClFN3O. The van der Waals surface area contributed by atoms with Crippen LogP contribution in [0.4, 0.5) is 4.39 Å². The molecule has 1 heterocycles. The highest BCUT2D eigenvalue weighted by Gasteiger charge is 2.19. The molecule has 0 spiro atoms. The van der Waals surface area contributed by atoms with E-state index in [1.807, 2.05) is 35.8 Å². The lowest BCUT2D eigenvalue weighted by atomic mass is 10.2. The Hall–Kier alpha value is -2.40. The van der Waals surface area contributed by atoms with Gasteiger partial charge in [-0.05, 0) is 31.2 Å². The first kappa shape index (κ1) is 17.4. The molecule has 3 rings (SSSR count). The number of hydrogen-bond acceptors (Lipinski definition) is 2. The van der Waals surface area contributed by atoms with Crippen molar-refractivity contribution < 1.29 is 9.18 Å². The van der Waals surface area contributed by atoms with Crippen molar-refractivity contribution in [3.8, 4) is 0 Å². The Morgan fingerprint density at radius 1 is 1.28 bits per heavy atom. The summed E-state index contributed by atoms with van der Waals surface area (Å²) in [5.41, 5.74) is 2.07. The smallest absolute Gasteiger partial charge is 0.220 e. The van der Waals surface area contributed by atoms with Gasteiger partial charge in [-0.15, -0.1) is 0 Å². The third-order valence-corrected chi connectivity index (χ3v) is 4.50. The number of halogens is 2. The number of hydrogen-bond donors (Lipinski definition) is 1. The van der Waals surface area contributed by atoms with Gasteiger partial charge in [-0.25, -0.2) is 9.37 Å². The van der Waals surface area contributed by atoms with Crippen LogP contribution in [-0.4, -0.2) is 15.5 Å². The fraction of sp³-hybridized carbons (Fsp3) is 0.263. The van der Waals surface area contributed by atoms with Gasteiger partial charge in [-0.1, -0.05) is 36.7 Å². The molecule has 1 aromatic heterocycles. The first-order valence-corrected chi connectivity index (χ1v) is 8.56. The molecule has 0 aliphatic carbocycles. The van der Waals surface area contributed by atoms with Crippen LogP contribution in [0.3, 0.4) is 0 Å². The zero-order valence-electron chi connectivity index (χ0n) is 14.1. The maximum atomic E-state index is 14.3. The van der Waals surface area contributed by atoms with Crippen molar-refractivity contribution in [1.29, 1.82) is 0 Å². The summed E-state index contributed by atoms with van der Waals surface area (Å²) in [5.74, 6) is 0.249. The summed E-state index contributed by atoms with van der Waals surface area (Å²) in [6, 6.07) is 12.0. The molecule has 130 valence electrons. The lowest BCUT2D eigenvalue weighted by Crippen LogP contribution is -2.28. The minimum Gasteiger partial charge on any atom is -0.346 e. The fourth-order valence-corrected chi connectivity index (χ4v) is 3.06. The number of carbonyl (C=O) groups excluding carboxylic acids is 1. The highest BCUT2D eigenvalue weighted by atomic mass is 35.5. The minimum atomic E-state index is -0.360. The van der Waals surface area contributed by atoms with Gasteiger partial charge < -0.3 is 9.88 Å². The number of fused-ring (bicyclic) bond motifs is 1. The van der Waals surface area contributed by atoms with Crippen molar-refractivity contribution in [2.24, 2.45) is 0 Å². The van der Waals surface area contributed by atoms with Gasteiger partial charge in [0.25, 0.3) is 0 Å². The van der Waals surface area contributed by atoms with Crippen LogP contribution in [-0.2, 0) is 11.3 Å². The molecule has 0 fully saturated rings. The first-order chi connectivity index (χ1) is 12.0. The van der Waals surface area contributed by atoms with Gasteiger partial charge in [0.05, 0.1) is 23.6 Å². The maximum absolute atomic E-state index is 14.3. The zero-order valence-corrected chi connectivity index (χ0v) is 14.8. The number of para-hydroxylation sites is 2. The molecule has 4 nitrogen and oxygen atoms in total. The Morgan fingerprint density at radius 3 is 2.76 bits per heavy atom. The van der Waals surface area contributed by atoms with Crippen LogP contribution < -0.4 is 5.32 Å². The van der Waals surface area contributed by atoms with Gasteiger partial charge in [0.1, 0.15) is 11.6 Å². The average molecular weight is 360 g/mol. The van der Waals surface area contributed by atoms with Crippen molar-refractivity contribution in [2.75, 3.05) is 0 Å². The Kier molecular flexibility index (Phi) is 5.04. The summed E-state index contributed by atoms with van der Waals surface area (Å²) in [6.45, 7) is 3.91. The van der Waals surface area contributed by atoms with Crippen LogP contribution in [0.2, 0.25) is 5.02 Å². The lowest BCUT2D eigenvalue weighted by molar-refractivity contribution is -0.121. The Morgan fingerprint density at radius 2 is 2.04 bits per heavy atom. The number of benzene rings is 2. The zero-order chi connectivity index (χ0) is 18.0. The molecule has 2 aromatic carbocycles. The predicted molar refractivity (Wildman–Crippen MR) is 97.1 cm³/mol. The number of amides is 1. The normalized spacial score (nSPS) is 12.3. The van der Waals surface area contributed by atoms with Gasteiger partial charge in [0, 0.05) is 17.0 Å². The van der Waals surface area contributed by atoms with Crippen LogP contribution >= 0.6 is 11.6 Å². The summed E-state index contributed by atoms with van der Waals surface area (Å²) in [5, 5.41) is 3.28. The van der Waals surface area contributed by atoms with Crippen molar-refractivity contribution >= 4 is 28.5 Å². The van der Waals surface area contributed by atoms with Crippen LogP contribution in [0.5, 0.6) is 0 Å². The Bertz CT molecular complexity index is 902. The largest absolute Gasteiger partial charge is 0.346 e. The second-order valence-corrected chi connectivity index (χ2v) is 6.30. The standard InChI is InChI=1S/C19H19ClFN3O/c1-3-18(25)22-12(2)19-23-16-9-4-5-10-17(16)24(19)11-13-14(20)7-6-8-15(13)21/h4-10,12H,3,11H2,1-2H3,(H,22,25). The van der Waals surface area contributed by atoms with Crippen LogP contribution in [0, 0.1) is 5.82 Å². The van der Waals surface area contributed by atoms with E-state index in [1.165, 1.54) is 6.07 Å². The van der Waals surface area contributed by atoms with Crippen molar-refractivity contribution in [2.45, 2.75) is 32.9 Å². The van der Waals surface area contributed by atoms with E-state index in [1.54, 1.807) is 19.1 Å². The molecule has 0 radical (unpaired) electrons. The van der Waals surface area contributed by atoms with Crippen molar-refractivity contribution in [3.63, 3.8) is 0 Å². The van der Waals surface area contributed by atoms with Gasteiger partial charge in [0.2, 0.25) is 5.91 Å². The second kappa shape index (κ2) is 7.23. The number of aromatic nitrogens is 2. The van der Waals surface area contributed by atoms with Gasteiger partial charge in [-0.2, -0.15) is 0 Å². The van der Waals surface area contributed by atoms with Crippen LogP contribution in [0.1, 0.15) is 37.7 Å². The molecule has 3 aromatic rings. The molecule has 1 amide bonds. The molecular weight excluding hydrogens is 341 g/mol. The minimum absolute atomic E-state index is 0.0602. The molecule has 1 atom stereocenters. The monoisotopic (exact) mass is 359 g/mol. The van der Waals surface area contributed by atoms with E-state index in [2.05, 4.69) is 10.3 Å². The molecule has 0 bridgehead atoms. The van der Waals surface area contributed by atoms with E-state index in [-0.39, 0.29) is 24.3 Å². The number of nitrogens with one attached hydrogen (secondary N) is 1. The van der Waals surface area contributed by atoms with Gasteiger partial charge >= 0.3 is 0 Å². The molecule has 25 heavy (non-hydrogen) atoms. The van der Waals surface area contributed by atoms with Crippen molar-refractivity contribution in [3.05, 3.63) is 64.7 Å². The number of imidazole rings is 1. The van der Waals surface area contributed by atoms with E-state index < -0.39 is 0 Å². The summed E-state index contributed by atoms with van der Waals surface area (Å²) < 4.78 is 16.2. The Balaban J connectivity index is 2.09. The summed E-state index contributed by atoms with van der Waals surface area (Å²) in [6.07, 6.45) is 0.393. The van der Waals surface area contributed by atoms with Crippen LogP contribution in [0.25, 0.3) is 11.0 Å². The first-order valence-electron chi connectivity index (χ1n) is 8.18. The SMILES string of the molecule is CCC(=O)NC(C)c1nc2ccccc2n1Cc1c(F)cccc1Cl. The van der Waals surface area contributed by atoms with Crippen molar-refractivity contribution in [1.82, 2.24) is 14.9 Å². The van der Waals surface area contributed by atoms with E-state index in [0.29, 0.717) is 22.8 Å². The molecule has 0 aliphatic heterocycles. The molecule has 1 N–H and O–H groups in total. The summed E-state index contributed by atoms with van der Waals surface area (Å²) >= 11 is 6.19. The Labute approximate surface area is 150 Å². The van der Waals surface area contributed by atoms with Gasteiger partial charge in [0.15, 0.2) is 0 Å². The van der Waals surface area contributed by atoms with E-state index in [0.717, 1.165) is 11.0 Å². The number of carbonyl (C=O) groups is 1. The quantitative estimate of drug-likeness (QED) is 0.730. The topological polar surface area (TPSA) is 46.9 Å². The van der Waals surface area contributed by atoms with Gasteiger partial charge in [-0.3, -0.25) is 4.79 Å². The number of nitrogens with zero attached hydrogens (tertiary/aromatic N) is 2. The second-order valence-electron chi connectivity index (χ2n) is 5.89. The van der Waals surface area contributed by atoms with Crippen LogP contribution in [0.15, 0.2) is 42.5 Å². The highest BCUT2D eigenvalue weighted by Crippen LogP contribution is 2.26. The fourth-order valence-electron chi connectivity index (χ4n) is 2.84. The average Bonchev–Trinajstić information content (AvgIpc) is 2.97.